The summed E-state index contributed by atoms with van der Waals surface area (Å²) < 4.78 is 0. The summed E-state index contributed by atoms with van der Waals surface area (Å²) in [4.78, 5) is 19.8. The first kappa shape index (κ1) is 20.8. The molecule has 2 unspecified atom stereocenters. The molecule has 28 heavy (non-hydrogen) atoms. The number of anilines is 1. The van der Waals surface area contributed by atoms with Crippen LogP contribution in [0.25, 0.3) is 0 Å². The number of rotatable bonds is 7. The molecule has 1 N–H and O–H groups in total. The Morgan fingerprint density at radius 1 is 1.04 bits per heavy atom. The Labute approximate surface area is 169 Å². The van der Waals surface area contributed by atoms with Crippen LogP contribution in [0.1, 0.15) is 38.7 Å². The summed E-state index contributed by atoms with van der Waals surface area (Å²) >= 11 is 0. The average Bonchev–Trinajstić information content (AvgIpc) is 3.03. The molecule has 1 aromatic carbocycles. The van der Waals surface area contributed by atoms with E-state index >= 15 is 0 Å². The van der Waals surface area contributed by atoms with Crippen molar-refractivity contribution in [1.82, 2.24) is 14.7 Å². The zero-order valence-corrected chi connectivity index (χ0v) is 17.2. The molecule has 3 rings (SSSR count). The number of hydrogen-bond acceptors (Lipinski definition) is 5. The Bertz CT molecular complexity index is 682. The Morgan fingerprint density at radius 2 is 1.64 bits per heavy atom. The van der Waals surface area contributed by atoms with Crippen LogP contribution in [-0.4, -0.2) is 78.5 Å². The maximum absolute atomic E-state index is 12.2. The summed E-state index contributed by atoms with van der Waals surface area (Å²) in [5, 5.41) is 12.0. The van der Waals surface area contributed by atoms with Crippen LogP contribution in [0.4, 0.5) is 5.69 Å². The number of piperazine rings is 1. The molecule has 2 aliphatic rings. The van der Waals surface area contributed by atoms with Crippen molar-refractivity contribution in [3.63, 3.8) is 0 Å². The number of amides is 1. The van der Waals surface area contributed by atoms with Crippen molar-refractivity contribution < 1.29 is 4.79 Å². The highest BCUT2D eigenvalue weighted by Gasteiger charge is 2.27. The summed E-state index contributed by atoms with van der Waals surface area (Å²) in [6.07, 6.45) is 3.12. The third kappa shape index (κ3) is 5.54. The highest BCUT2D eigenvalue weighted by atomic mass is 16.1. The normalized spacial score (nSPS) is 24.2. The van der Waals surface area contributed by atoms with Crippen LogP contribution in [0.3, 0.4) is 0 Å². The lowest BCUT2D eigenvalue weighted by atomic mass is 10.2. The molecular formula is C22H33N5O. The van der Waals surface area contributed by atoms with Crippen molar-refractivity contribution >= 4 is 11.6 Å². The molecule has 1 aromatic rings. The van der Waals surface area contributed by atoms with E-state index in [9.17, 15) is 4.79 Å². The number of carbonyl (C=O) groups excluding carboxylic acids is 1. The third-order valence-corrected chi connectivity index (χ3v) is 6.25. The van der Waals surface area contributed by atoms with Crippen molar-refractivity contribution in [1.29, 1.82) is 5.26 Å². The molecule has 2 aliphatic heterocycles. The molecule has 0 radical (unpaired) electrons. The van der Waals surface area contributed by atoms with Crippen molar-refractivity contribution in [2.75, 3.05) is 51.1 Å². The van der Waals surface area contributed by atoms with Crippen LogP contribution in [-0.2, 0) is 4.79 Å². The number of nitriles is 1. The first-order chi connectivity index (χ1) is 13.6. The molecule has 2 heterocycles. The van der Waals surface area contributed by atoms with Gasteiger partial charge in [0.1, 0.15) is 6.07 Å². The summed E-state index contributed by atoms with van der Waals surface area (Å²) in [6, 6.07) is 10.7. The molecule has 6 heteroatoms. The Hall–Kier alpha value is -1.94. The Kier molecular flexibility index (Phi) is 7.43. The van der Waals surface area contributed by atoms with Crippen molar-refractivity contribution in [3.8, 4) is 6.07 Å². The van der Waals surface area contributed by atoms with Crippen molar-refractivity contribution in [3.05, 3.63) is 29.8 Å². The highest BCUT2D eigenvalue weighted by Crippen LogP contribution is 2.23. The largest absolute Gasteiger partial charge is 0.325 e. The van der Waals surface area contributed by atoms with Gasteiger partial charge in [-0.05, 0) is 38.8 Å². The van der Waals surface area contributed by atoms with Gasteiger partial charge in [0.15, 0.2) is 0 Å². The predicted octanol–water partition coefficient (Wildman–Crippen LogP) is 2.38. The number of nitrogens with zero attached hydrogens (tertiary/aromatic N) is 4. The monoisotopic (exact) mass is 383 g/mol. The minimum absolute atomic E-state index is 0.0258. The minimum atomic E-state index is -0.0258. The van der Waals surface area contributed by atoms with E-state index in [0.717, 1.165) is 51.4 Å². The van der Waals surface area contributed by atoms with Gasteiger partial charge in [0.25, 0.3) is 0 Å². The van der Waals surface area contributed by atoms with E-state index in [-0.39, 0.29) is 5.91 Å². The van der Waals surface area contributed by atoms with Gasteiger partial charge in [0, 0.05) is 64.3 Å². The molecule has 0 saturated carbocycles. The van der Waals surface area contributed by atoms with Gasteiger partial charge in [-0.25, -0.2) is 0 Å². The summed E-state index contributed by atoms with van der Waals surface area (Å²) in [6.45, 7) is 12.0. The van der Waals surface area contributed by atoms with Crippen molar-refractivity contribution in [2.45, 2.75) is 45.2 Å². The molecule has 0 bridgehead atoms. The second kappa shape index (κ2) is 10.0. The van der Waals surface area contributed by atoms with Gasteiger partial charge in [0.05, 0.1) is 11.3 Å². The molecule has 1 amide bonds. The van der Waals surface area contributed by atoms with E-state index in [4.69, 9.17) is 5.26 Å². The van der Waals surface area contributed by atoms with Crippen LogP contribution in [0, 0.1) is 11.3 Å². The molecule has 2 saturated heterocycles. The van der Waals surface area contributed by atoms with E-state index in [1.807, 2.05) is 6.07 Å². The lowest BCUT2D eigenvalue weighted by Gasteiger charge is -2.36. The first-order valence-corrected chi connectivity index (χ1v) is 10.6. The van der Waals surface area contributed by atoms with E-state index in [1.54, 1.807) is 18.2 Å². The highest BCUT2D eigenvalue weighted by molar-refractivity contribution is 5.92. The van der Waals surface area contributed by atoms with Gasteiger partial charge in [0.2, 0.25) is 5.91 Å². The van der Waals surface area contributed by atoms with Gasteiger partial charge in [-0.15, -0.1) is 0 Å². The fourth-order valence-electron chi connectivity index (χ4n) is 4.34. The van der Waals surface area contributed by atoms with Gasteiger partial charge in [-0.1, -0.05) is 12.1 Å². The molecule has 0 spiro atoms. The molecule has 152 valence electrons. The molecule has 6 nitrogen and oxygen atoms in total. The summed E-state index contributed by atoms with van der Waals surface area (Å²) in [5.74, 6) is -0.0258. The van der Waals surface area contributed by atoms with Crippen LogP contribution < -0.4 is 5.32 Å². The Balaban J connectivity index is 1.34. The zero-order chi connectivity index (χ0) is 19.9. The number of para-hydroxylation sites is 1. The first-order valence-electron chi connectivity index (χ1n) is 10.6. The topological polar surface area (TPSA) is 62.6 Å². The number of carbonyl (C=O) groups is 1. The average molecular weight is 384 g/mol. The summed E-state index contributed by atoms with van der Waals surface area (Å²) in [5.41, 5.74) is 1.11. The summed E-state index contributed by atoms with van der Waals surface area (Å²) in [7, 11) is 0. The third-order valence-electron chi connectivity index (χ3n) is 6.25. The number of likely N-dealkylation sites (tertiary alicyclic amines) is 1. The lowest BCUT2D eigenvalue weighted by molar-refractivity contribution is -0.116. The van der Waals surface area contributed by atoms with E-state index < -0.39 is 0 Å². The van der Waals surface area contributed by atoms with Crippen LogP contribution in [0.5, 0.6) is 0 Å². The maximum atomic E-state index is 12.2. The quantitative estimate of drug-likeness (QED) is 0.783. The fraction of sp³-hybridized carbons (Fsp3) is 0.636. The van der Waals surface area contributed by atoms with Crippen LogP contribution in [0.2, 0.25) is 0 Å². The lowest BCUT2D eigenvalue weighted by Crippen LogP contribution is -2.49. The molecule has 2 fully saturated rings. The van der Waals surface area contributed by atoms with Gasteiger partial charge < -0.3 is 10.2 Å². The van der Waals surface area contributed by atoms with E-state index in [2.05, 4.69) is 39.9 Å². The van der Waals surface area contributed by atoms with E-state index in [1.165, 1.54) is 19.4 Å². The van der Waals surface area contributed by atoms with Crippen molar-refractivity contribution in [2.24, 2.45) is 0 Å². The standard InChI is InChI=1S/C22H33N5O/c1-18-7-8-19(2)27(18)16-15-26-13-11-25(12-14-26)10-9-22(28)24-21-6-4-3-5-20(21)17-23/h3-6,18-19H,7-16H2,1-2H3,(H,24,28). The SMILES string of the molecule is CC1CCC(C)N1CCN1CCN(CCC(=O)Nc2ccccc2C#N)CC1. The van der Waals surface area contributed by atoms with Gasteiger partial charge in [-0.2, -0.15) is 5.26 Å². The smallest absolute Gasteiger partial charge is 0.225 e. The number of nitrogens with one attached hydrogen (secondary N) is 1. The molecule has 2 atom stereocenters. The van der Waals surface area contributed by atoms with Crippen LogP contribution in [0.15, 0.2) is 24.3 Å². The zero-order valence-electron chi connectivity index (χ0n) is 17.2. The maximum Gasteiger partial charge on any atom is 0.225 e. The van der Waals surface area contributed by atoms with Gasteiger partial charge in [-0.3, -0.25) is 14.6 Å². The molecule has 0 aliphatic carbocycles. The van der Waals surface area contributed by atoms with E-state index in [0.29, 0.717) is 17.7 Å². The molecular weight excluding hydrogens is 350 g/mol. The predicted molar refractivity (Wildman–Crippen MR) is 112 cm³/mol. The molecule has 0 aromatic heterocycles. The second-order valence-electron chi connectivity index (χ2n) is 8.15. The Morgan fingerprint density at radius 3 is 2.29 bits per heavy atom. The number of benzene rings is 1. The fourth-order valence-corrected chi connectivity index (χ4v) is 4.34. The minimum Gasteiger partial charge on any atom is -0.325 e. The van der Waals surface area contributed by atoms with Gasteiger partial charge >= 0.3 is 0 Å². The number of hydrogen-bond donors (Lipinski definition) is 1. The second-order valence-corrected chi connectivity index (χ2v) is 8.15. The van der Waals surface area contributed by atoms with Crippen LogP contribution >= 0.6 is 0 Å².